The molecule has 2 rings (SSSR count). The van der Waals surface area contributed by atoms with Crippen molar-refractivity contribution in [3.8, 4) is 0 Å². The Morgan fingerprint density at radius 3 is 2.72 bits per heavy atom. The summed E-state index contributed by atoms with van der Waals surface area (Å²) in [6.07, 6.45) is -4.42. The van der Waals surface area contributed by atoms with Crippen LogP contribution in [0.15, 0.2) is 24.3 Å². The highest BCUT2D eigenvalue weighted by Crippen LogP contribution is 2.38. The maximum Gasteiger partial charge on any atom is 0.417 e. The molecule has 0 aliphatic heterocycles. The van der Waals surface area contributed by atoms with Gasteiger partial charge >= 0.3 is 12.1 Å². The molecule has 0 bridgehead atoms. The van der Waals surface area contributed by atoms with E-state index in [1.807, 2.05) is 0 Å². The van der Waals surface area contributed by atoms with Gasteiger partial charge in [0, 0.05) is 4.70 Å². The van der Waals surface area contributed by atoms with Crippen molar-refractivity contribution in [2.24, 2.45) is 0 Å². The van der Waals surface area contributed by atoms with E-state index in [4.69, 9.17) is 4.74 Å². The van der Waals surface area contributed by atoms with Crippen molar-refractivity contribution in [1.29, 1.82) is 0 Å². The highest BCUT2D eigenvalue weighted by Gasteiger charge is 2.33. The highest BCUT2D eigenvalue weighted by molar-refractivity contribution is 7.21. The Morgan fingerprint density at radius 2 is 2.11 bits per heavy atom. The standard InChI is InChI=1S/C12H9F3O2S/c1-2-17-11(16)9-6-7-4-3-5-8(10(7)18-9)12(13,14)15/h3-6H,2H2,1H3. The molecule has 0 spiro atoms. The molecule has 0 fully saturated rings. The van der Waals surface area contributed by atoms with Crippen LogP contribution in [0.25, 0.3) is 10.1 Å². The Labute approximate surface area is 105 Å². The zero-order valence-electron chi connectivity index (χ0n) is 9.38. The van der Waals surface area contributed by atoms with Crippen molar-refractivity contribution in [1.82, 2.24) is 0 Å². The molecule has 2 aromatic rings. The molecule has 0 unspecified atom stereocenters. The fraction of sp³-hybridized carbons (Fsp3) is 0.250. The molecule has 1 aromatic heterocycles. The van der Waals surface area contributed by atoms with E-state index < -0.39 is 17.7 Å². The third-order valence-corrected chi connectivity index (χ3v) is 3.49. The number of hydrogen-bond donors (Lipinski definition) is 0. The van der Waals surface area contributed by atoms with Gasteiger partial charge in [0.25, 0.3) is 0 Å². The maximum atomic E-state index is 12.8. The van der Waals surface area contributed by atoms with Crippen LogP contribution in [-0.2, 0) is 10.9 Å². The SMILES string of the molecule is CCOC(=O)c1cc2cccc(C(F)(F)F)c2s1. The molecule has 2 nitrogen and oxygen atoms in total. The summed E-state index contributed by atoms with van der Waals surface area (Å²) < 4.78 is 43.1. The summed E-state index contributed by atoms with van der Waals surface area (Å²) in [6, 6.07) is 5.30. The lowest BCUT2D eigenvalue weighted by Crippen LogP contribution is -2.04. The van der Waals surface area contributed by atoms with Crippen LogP contribution in [0.3, 0.4) is 0 Å². The number of fused-ring (bicyclic) bond motifs is 1. The molecule has 0 N–H and O–H groups in total. The summed E-state index contributed by atoms with van der Waals surface area (Å²) in [7, 11) is 0. The average molecular weight is 274 g/mol. The number of halogens is 3. The molecule has 1 heterocycles. The van der Waals surface area contributed by atoms with Crippen LogP contribution in [0.2, 0.25) is 0 Å². The molecule has 0 atom stereocenters. The number of benzene rings is 1. The number of ether oxygens (including phenoxy) is 1. The van der Waals surface area contributed by atoms with Gasteiger partial charge in [0.15, 0.2) is 0 Å². The smallest absolute Gasteiger partial charge is 0.417 e. The zero-order valence-corrected chi connectivity index (χ0v) is 10.2. The van der Waals surface area contributed by atoms with Crippen molar-refractivity contribution < 1.29 is 22.7 Å². The first-order chi connectivity index (χ1) is 8.43. The molecule has 18 heavy (non-hydrogen) atoms. The highest BCUT2D eigenvalue weighted by atomic mass is 32.1. The van der Waals surface area contributed by atoms with Gasteiger partial charge in [0.05, 0.1) is 12.2 Å². The van der Waals surface area contributed by atoms with Crippen LogP contribution in [0, 0.1) is 0 Å². The van der Waals surface area contributed by atoms with Gasteiger partial charge in [-0.05, 0) is 24.4 Å². The van der Waals surface area contributed by atoms with Crippen LogP contribution >= 0.6 is 11.3 Å². The number of hydrogen-bond acceptors (Lipinski definition) is 3. The Kier molecular flexibility index (Phi) is 3.30. The van der Waals surface area contributed by atoms with Gasteiger partial charge in [0.2, 0.25) is 0 Å². The van der Waals surface area contributed by atoms with Crippen molar-refractivity contribution in [3.63, 3.8) is 0 Å². The van der Waals surface area contributed by atoms with Crippen molar-refractivity contribution in [2.75, 3.05) is 6.61 Å². The third kappa shape index (κ3) is 2.33. The number of esters is 1. The first kappa shape index (κ1) is 12.9. The lowest BCUT2D eigenvalue weighted by atomic mass is 10.1. The molecule has 0 aliphatic rings. The van der Waals surface area contributed by atoms with E-state index in [2.05, 4.69) is 0 Å². The normalized spacial score (nSPS) is 11.8. The molecule has 1 aromatic carbocycles. The topological polar surface area (TPSA) is 26.3 Å². The van der Waals surface area contributed by atoms with E-state index in [1.165, 1.54) is 12.1 Å². The number of carbonyl (C=O) groups excluding carboxylic acids is 1. The van der Waals surface area contributed by atoms with Crippen LogP contribution in [0.4, 0.5) is 13.2 Å². The zero-order chi connectivity index (χ0) is 13.3. The Bertz CT molecular complexity index is 587. The van der Waals surface area contributed by atoms with E-state index in [-0.39, 0.29) is 16.2 Å². The number of rotatable bonds is 2. The van der Waals surface area contributed by atoms with E-state index in [9.17, 15) is 18.0 Å². The first-order valence-corrected chi connectivity index (χ1v) is 6.02. The van der Waals surface area contributed by atoms with Crippen molar-refractivity contribution in [2.45, 2.75) is 13.1 Å². The Hall–Kier alpha value is -1.56. The fourth-order valence-electron chi connectivity index (χ4n) is 1.59. The third-order valence-electron chi connectivity index (χ3n) is 2.33. The summed E-state index contributed by atoms with van der Waals surface area (Å²) >= 11 is 0.804. The van der Waals surface area contributed by atoms with Crippen molar-refractivity contribution >= 4 is 27.4 Å². The van der Waals surface area contributed by atoms with Gasteiger partial charge in [-0.3, -0.25) is 0 Å². The second-order valence-electron chi connectivity index (χ2n) is 3.55. The number of thiophene rings is 1. The maximum absolute atomic E-state index is 12.8. The summed E-state index contributed by atoms with van der Waals surface area (Å²) in [5, 5.41) is 0.401. The summed E-state index contributed by atoms with van der Waals surface area (Å²) in [4.78, 5) is 11.7. The molecule has 96 valence electrons. The van der Waals surface area contributed by atoms with Gasteiger partial charge in [-0.1, -0.05) is 12.1 Å². The lowest BCUT2D eigenvalue weighted by molar-refractivity contribution is -0.136. The fourth-order valence-corrected chi connectivity index (χ4v) is 2.68. The van der Waals surface area contributed by atoms with Crippen LogP contribution in [0.5, 0.6) is 0 Å². The van der Waals surface area contributed by atoms with Crippen LogP contribution < -0.4 is 0 Å². The van der Waals surface area contributed by atoms with Gasteiger partial charge in [-0.25, -0.2) is 4.79 Å². The monoisotopic (exact) mass is 274 g/mol. The Morgan fingerprint density at radius 1 is 1.39 bits per heavy atom. The van der Waals surface area contributed by atoms with Gasteiger partial charge in [-0.2, -0.15) is 13.2 Å². The van der Waals surface area contributed by atoms with E-state index in [1.54, 1.807) is 13.0 Å². The lowest BCUT2D eigenvalue weighted by Gasteiger charge is -2.06. The molecule has 0 saturated carbocycles. The minimum Gasteiger partial charge on any atom is -0.462 e. The van der Waals surface area contributed by atoms with E-state index in [0.29, 0.717) is 5.39 Å². The molecule has 0 aliphatic carbocycles. The predicted octanol–water partition coefficient (Wildman–Crippen LogP) is 4.10. The molecular formula is C12H9F3O2S. The van der Waals surface area contributed by atoms with E-state index >= 15 is 0 Å². The van der Waals surface area contributed by atoms with Gasteiger partial charge in [-0.15, -0.1) is 11.3 Å². The largest absolute Gasteiger partial charge is 0.462 e. The first-order valence-electron chi connectivity index (χ1n) is 5.20. The Balaban J connectivity index is 2.55. The van der Waals surface area contributed by atoms with Crippen LogP contribution in [-0.4, -0.2) is 12.6 Å². The molecular weight excluding hydrogens is 265 g/mol. The number of alkyl halides is 3. The minimum atomic E-state index is -4.42. The van der Waals surface area contributed by atoms with Crippen LogP contribution in [0.1, 0.15) is 22.2 Å². The summed E-state index contributed by atoms with van der Waals surface area (Å²) in [6.45, 7) is 1.84. The average Bonchev–Trinajstić information content (AvgIpc) is 2.71. The van der Waals surface area contributed by atoms with Crippen molar-refractivity contribution in [3.05, 3.63) is 34.7 Å². The predicted molar refractivity (Wildman–Crippen MR) is 62.8 cm³/mol. The second-order valence-corrected chi connectivity index (χ2v) is 4.61. The molecule has 0 saturated heterocycles. The molecule has 0 radical (unpaired) electrons. The quantitative estimate of drug-likeness (QED) is 0.771. The molecule has 0 amide bonds. The number of carbonyl (C=O) groups is 1. The molecule has 6 heteroatoms. The second kappa shape index (κ2) is 4.61. The van der Waals surface area contributed by atoms with E-state index in [0.717, 1.165) is 17.4 Å². The van der Waals surface area contributed by atoms with Gasteiger partial charge in [0.1, 0.15) is 4.88 Å². The minimum absolute atomic E-state index is 0.0630. The van der Waals surface area contributed by atoms with Gasteiger partial charge < -0.3 is 4.74 Å². The summed E-state index contributed by atoms with van der Waals surface area (Å²) in [5.41, 5.74) is -0.722. The summed E-state index contributed by atoms with van der Waals surface area (Å²) in [5.74, 6) is -0.591.